The zero-order chi connectivity index (χ0) is 19.8. The number of nitrogens with one attached hydrogen (secondary N) is 1. The Morgan fingerprint density at radius 3 is 2.74 bits per heavy atom. The quantitative estimate of drug-likeness (QED) is 0.369. The second kappa shape index (κ2) is 7.76. The normalized spacial score (nSPS) is 26.2. The fraction of sp³-hybridized carbons (Fsp3) is 0.643. The molecule has 0 spiro atoms. The number of ether oxygens (including phenoxy) is 2. The molecule has 5 N–H and O–H groups in total. The van der Waals surface area contributed by atoms with Crippen LogP contribution in [0.5, 0.6) is 0 Å². The number of nitrogens with zero attached hydrogens (tertiary/aromatic N) is 4. The summed E-state index contributed by atoms with van der Waals surface area (Å²) in [5, 5.41) is 27.8. The van der Waals surface area contributed by atoms with Crippen LogP contribution in [0, 0.1) is 0 Å². The lowest BCUT2D eigenvalue weighted by Gasteiger charge is -2.15. The standard InChI is InChI=1S/C14H22N5O7P/c1-7(2)18-13-14-15-3-8(19(14)17-5-16-13)12-11(21)10(20)9(26-12)4-25-6-27(22,23)24/h3,5,7,9-12,20-21H,4,6H2,1-2H3,(H,16,17,18)(H2,22,23,24)/t9-,10-,11-,12+/m1/s1. The molecule has 4 atom stereocenters. The van der Waals surface area contributed by atoms with Gasteiger partial charge in [-0.3, -0.25) is 4.57 Å². The highest BCUT2D eigenvalue weighted by atomic mass is 31.2. The SMILES string of the molecule is CC(C)Nc1ncnn2c([C@@H]3O[C@H](COCP(=O)(O)O)[C@@H](O)[C@H]3O)cnc12. The zero-order valence-corrected chi connectivity index (χ0v) is 15.6. The minimum atomic E-state index is -4.33. The van der Waals surface area contributed by atoms with Crippen LogP contribution in [-0.2, 0) is 14.0 Å². The maximum atomic E-state index is 10.8. The predicted octanol–water partition coefficient (Wildman–Crippen LogP) is -0.742. The summed E-state index contributed by atoms with van der Waals surface area (Å²) < 4.78 is 22.9. The van der Waals surface area contributed by atoms with Gasteiger partial charge in [0.2, 0.25) is 0 Å². The van der Waals surface area contributed by atoms with E-state index >= 15 is 0 Å². The van der Waals surface area contributed by atoms with Crippen LogP contribution in [0.15, 0.2) is 12.5 Å². The lowest BCUT2D eigenvalue weighted by Crippen LogP contribution is -2.33. The van der Waals surface area contributed by atoms with Gasteiger partial charge in [-0.05, 0) is 13.8 Å². The van der Waals surface area contributed by atoms with Gasteiger partial charge < -0.3 is 34.8 Å². The summed E-state index contributed by atoms with van der Waals surface area (Å²) >= 11 is 0. The van der Waals surface area contributed by atoms with E-state index in [-0.39, 0.29) is 12.6 Å². The number of anilines is 1. The molecular weight excluding hydrogens is 381 g/mol. The van der Waals surface area contributed by atoms with Gasteiger partial charge in [-0.15, -0.1) is 0 Å². The van der Waals surface area contributed by atoms with Crippen molar-refractivity contribution in [3.8, 4) is 0 Å². The number of aromatic nitrogens is 4. The molecule has 2 aromatic rings. The van der Waals surface area contributed by atoms with Crippen molar-refractivity contribution in [2.75, 3.05) is 18.3 Å². The smallest absolute Gasteiger partial charge is 0.350 e. The van der Waals surface area contributed by atoms with Gasteiger partial charge in [0.15, 0.2) is 11.5 Å². The van der Waals surface area contributed by atoms with Gasteiger partial charge in [0.25, 0.3) is 0 Å². The summed E-state index contributed by atoms with van der Waals surface area (Å²) in [6.45, 7) is 3.61. The number of imidazole rings is 1. The maximum Gasteiger partial charge on any atom is 0.350 e. The molecule has 1 saturated heterocycles. The molecule has 0 radical (unpaired) electrons. The Hall–Kier alpha value is -1.66. The molecule has 3 rings (SSSR count). The van der Waals surface area contributed by atoms with Crippen molar-refractivity contribution in [2.24, 2.45) is 0 Å². The lowest BCUT2D eigenvalue weighted by molar-refractivity contribution is -0.0402. The number of aliphatic hydroxyl groups excluding tert-OH is 2. The third-order valence-corrected chi connectivity index (χ3v) is 4.47. The monoisotopic (exact) mass is 403 g/mol. The number of hydrogen-bond acceptors (Lipinski definition) is 9. The van der Waals surface area contributed by atoms with Crippen molar-refractivity contribution in [1.82, 2.24) is 19.6 Å². The van der Waals surface area contributed by atoms with Crippen LogP contribution in [0.3, 0.4) is 0 Å². The van der Waals surface area contributed by atoms with Crippen LogP contribution in [0.2, 0.25) is 0 Å². The number of hydrogen-bond donors (Lipinski definition) is 5. The molecule has 0 unspecified atom stereocenters. The third-order valence-electron chi connectivity index (χ3n) is 3.95. The van der Waals surface area contributed by atoms with Gasteiger partial charge in [0.05, 0.1) is 18.5 Å². The van der Waals surface area contributed by atoms with Crippen LogP contribution < -0.4 is 5.32 Å². The average molecular weight is 403 g/mol. The Kier molecular flexibility index (Phi) is 5.77. The average Bonchev–Trinajstić information content (AvgIpc) is 3.10. The van der Waals surface area contributed by atoms with Crippen molar-refractivity contribution in [3.63, 3.8) is 0 Å². The Bertz CT molecular complexity index is 840. The van der Waals surface area contributed by atoms with E-state index in [0.29, 0.717) is 17.2 Å². The first kappa shape index (κ1) is 20.1. The molecule has 1 aliphatic heterocycles. The van der Waals surface area contributed by atoms with Crippen molar-refractivity contribution >= 4 is 19.1 Å². The summed E-state index contributed by atoms with van der Waals surface area (Å²) in [5.74, 6) is 0.515. The van der Waals surface area contributed by atoms with Crippen molar-refractivity contribution in [3.05, 3.63) is 18.2 Å². The summed E-state index contributed by atoms with van der Waals surface area (Å²) in [6.07, 6.45) is -2.49. The molecule has 0 bridgehead atoms. The third kappa shape index (κ3) is 4.43. The predicted molar refractivity (Wildman–Crippen MR) is 92.0 cm³/mol. The Labute approximate surface area is 154 Å². The van der Waals surface area contributed by atoms with E-state index in [0.717, 1.165) is 0 Å². The first-order valence-corrected chi connectivity index (χ1v) is 10.1. The summed E-state index contributed by atoms with van der Waals surface area (Å²) in [7, 11) is -4.33. The fourth-order valence-corrected chi connectivity index (χ4v) is 3.17. The molecular formula is C14H22N5O7P. The first-order chi connectivity index (χ1) is 12.7. The Balaban J connectivity index is 1.79. The second-order valence-electron chi connectivity index (χ2n) is 6.57. The van der Waals surface area contributed by atoms with Gasteiger partial charge in [-0.25, -0.2) is 14.5 Å². The summed E-state index contributed by atoms with van der Waals surface area (Å²) in [4.78, 5) is 26.1. The minimum Gasteiger partial charge on any atom is -0.387 e. The highest BCUT2D eigenvalue weighted by Crippen LogP contribution is 2.36. The van der Waals surface area contributed by atoms with E-state index in [9.17, 15) is 14.8 Å². The van der Waals surface area contributed by atoms with Gasteiger partial charge in [-0.2, -0.15) is 5.10 Å². The van der Waals surface area contributed by atoms with Gasteiger partial charge in [-0.1, -0.05) is 0 Å². The van der Waals surface area contributed by atoms with E-state index in [2.05, 4.69) is 20.4 Å². The molecule has 13 heteroatoms. The molecule has 27 heavy (non-hydrogen) atoms. The number of aliphatic hydroxyl groups is 2. The van der Waals surface area contributed by atoms with Gasteiger partial charge in [0.1, 0.15) is 37.1 Å². The van der Waals surface area contributed by atoms with Crippen molar-refractivity contribution in [1.29, 1.82) is 0 Å². The van der Waals surface area contributed by atoms with Crippen LogP contribution in [0.1, 0.15) is 25.6 Å². The molecule has 12 nitrogen and oxygen atoms in total. The van der Waals surface area contributed by atoms with Crippen LogP contribution in [0.25, 0.3) is 5.65 Å². The van der Waals surface area contributed by atoms with Gasteiger partial charge in [0, 0.05) is 6.04 Å². The summed E-state index contributed by atoms with van der Waals surface area (Å²) in [5.41, 5.74) is 0.843. The number of fused-ring (bicyclic) bond motifs is 1. The van der Waals surface area contributed by atoms with Crippen molar-refractivity contribution in [2.45, 2.75) is 44.3 Å². The van der Waals surface area contributed by atoms with E-state index in [4.69, 9.17) is 19.3 Å². The van der Waals surface area contributed by atoms with Crippen molar-refractivity contribution < 1.29 is 34.0 Å². The molecule has 0 aromatic carbocycles. The molecule has 1 aliphatic rings. The summed E-state index contributed by atoms with van der Waals surface area (Å²) in [6, 6.07) is 0.120. The van der Waals surface area contributed by atoms with E-state index in [1.165, 1.54) is 17.0 Å². The molecule has 1 fully saturated rings. The molecule has 3 heterocycles. The lowest BCUT2D eigenvalue weighted by atomic mass is 10.1. The molecule has 0 amide bonds. The van der Waals surface area contributed by atoms with E-state index in [1.807, 2.05) is 13.8 Å². The van der Waals surface area contributed by atoms with Gasteiger partial charge >= 0.3 is 7.60 Å². The topological polar surface area (TPSA) is 172 Å². The Morgan fingerprint density at radius 2 is 2.07 bits per heavy atom. The molecule has 0 saturated carbocycles. The van der Waals surface area contributed by atoms with Crippen LogP contribution in [0.4, 0.5) is 5.82 Å². The zero-order valence-electron chi connectivity index (χ0n) is 14.7. The van der Waals surface area contributed by atoms with Crippen LogP contribution in [-0.4, -0.2) is 76.9 Å². The largest absolute Gasteiger partial charge is 0.387 e. The van der Waals surface area contributed by atoms with E-state index in [1.54, 1.807) is 0 Å². The second-order valence-corrected chi connectivity index (χ2v) is 8.15. The highest BCUT2D eigenvalue weighted by Gasteiger charge is 2.45. The molecule has 0 aliphatic carbocycles. The molecule has 2 aromatic heterocycles. The van der Waals surface area contributed by atoms with Crippen LogP contribution >= 0.6 is 7.60 Å². The Morgan fingerprint density at radius 1 is 1.33 bits per heavy atom. The highest BCUT2D eigenvalue weighted by molar-refractivity contribution is 7.51. The fourth-order valence-electron chi connectivity index (χ4n) is 2.82. The molecule has 150 valence electrons. The first-order valence-electron chi connectivity index (χ1n) is 8.26. The maximum absolute atomic E-state index is 10.8. The van der Waals surface area contributed by atoms with E-state index < -0.39 is 38.4 Å². The number of rotatable bonds is 7. The minimum absolute atomic E-state index is 0.120.